The Hall–Kier alpha value is -3.01. The number of para-hydroxylation sites is 1. The van der Waals surface area contributed by atoms with Crippen molar-refractivity contribution in [2.45, 2.75) is 78.7 Å². The van der Waals surface area contributed by atoms with E-state index in [4.69, 9.17) is 19.2 Å². The molecule has 35 heavy (non-hydrogen) atoms. The van der Waals surface area contributed by atoms with Gasteiger partial charge in [0.05, 0.1) is 25.5 Å². The number of pyridine rings is 1. The third kappa shape index (κ3) is 5.47. The van der Waals surface area contributed by atoms with Crippen LogP contribution in [0.2, 0.25) is 0 Å². The molecule has 0 bridgehead atoms. The van der Waals surface area contributed by atoms with Gasteiger partial charge < -0.3 is 14.2 Å². The summed E-state index contributed by atoms with van der Waals surface area (Å²) in [5, 5.41) is 0. The molecule has 0 saturated carbocycles. The van der Waals surface area contributed by atoms with Crippen molar-refractivity contribution in [3.05, 3.63) is 82.5 Å². The molecule has 1 aromatic heterocycles. The number of methoxy groups -OCH3 is 1. The number of aryl methyl sites for hydroxylation is 1. The van der Waals surface area contributed by atoms with Crippen molar-refractivity contribution in [1.82, 2.24) is 4.98 Å². The second-order valence-corrected chi connectivity index (χ2v) is 10.3. The Labute approximate surface area is 211 Å². The van der Waals surface area contributed by atoms with E-state index in [1.807, 2.05) is 13.0 Å². The van der Waals surface area contributed by atoms with Crippen molar-refractivity contribution < 1.29 is 14.2 Å². The highest BCUT2D eigenvalue weighted by molar-refractivity contribution is 5.52. The van der Waals surface area contributed by atoms with E-state index in [0.717, 1.165) is 40.3 Å². The summed E-state index contributed by atoms with van der Waals surface area (Å²) in [6, 6.07) is 19.1. The van der Waals surface area contributed by atoms with Crippen LogP contribution in [0.5, 0.6) is 17.4 Å². The number of hydrogen-bond acceptors (Lipinski definition) is 4. The molecule has 0 unspecified atom stereocenters. The van der Waals surface area contributed by atoms with Gasteiger partial charge in [0, 0.05) is 27.5 Å². The van der Waals surface area contributed by atoms with E-state index in [-0.39, 0.29) is 16.9 Å². The molecular weight excluding hydrogens is 434 g/mol. The summed E-state index contributed by atoms with van der Waals surface area (Å²) in [5.41, 5.74) is 4.85. The average molecular weight is 476 g/mol. The third-order valence-electron chi connectivity index (χ3n) is 6.75. The highest BCUT2D eigenvalue weighted by Crippen LogP contribution is 2.43. The van der Waals surface area contributed by atoms with Gasteiger partial charge in [-0.15, -0.1) is 0 Å². The average Bonchev–Trinajstić information content (AvgIpc) is 2.83. The first kappa shape index (κ1) is 26.6. The number of benzene rings is 2. The van der Waals surface area contributed by atoms with Crippen LogP contribution in [0, 0.1) is 0 Å². The third-order valence-corrected chi connectivity index (χ3v) is 6.75. The minimum atomic E-state index is -0.370. The summed E-state index contributed by atoms with van der Waals surface area (Å²) in [5.74, 6) is 2.49. The van der Waals surface area contributed by atoms with Gasteiger partial charge in [-0.25, -0.2) is 4.98 Å². The topological polar surface area (TPSA) is 40.6 Å². The smallest absolute Gasteiger partial charge is 0.216 e. The maximum atomic E-state index is 6.22. The first-order chi connectivity index (χ1) is 16.6. The predicted octanol–water partition coefficient (Wildman–Crippen LogP) is 7.49. The van der Waals surface area contributed by atoms with Crippen LogP contribution in [0.3, 0.4) is 0 Å². The fraction of sp³-hybridized carbons (Fsp3) is 0.452. The molecule has 0 radical (unpaired) electrons. The summed E-state index contributed by atoms with van der Waals surface area (Å²) in [7, 11) is 1.68. The number of rotatable bonds is 10. The molecule has 1 heterocycles. The molecule has 0 amide bonds. The van der Waals surface area contributed by atoms with E-state index < -0.39 is 0 Å². The predicted molar refractivity (Wildman–Crippen MR) is 144 cm³/mol. The molecule has 3 rings (SSSR count). The van der Waals surface area contributed by atoms with Gasteiger partial charge in [-0.2, -0.15) is 0 Å². The molecule has 0 spiro atoms. The van der Waals surface area contributed by atoms with Gasteiger partial charge in [0.1, 0.15) is 11.5 Å². The van der Waals surface area contributed by atoms with Crippen LogP contribution in [0.1, 0.15) is 83.3 Å². The van der Waals surface area contributed by atoms with Gasteiger partial charge in [0.2, 0.25) is 5.88 Å². The van der Waals surface area contributed by atoms with Crippen molar-refractivity contribution in [2.75, 3.05) is 13.7 Å². The van der Waals surface area contributed by atoms with Gasteiger partial charge in [-0.05, 0) is 51.0 Å². The van der Waals surface area contributed by atoms with Crippen LogP contribution < -0.4 is 14.2 Å². The fourth-order valence-corrected chi connectivity index (χ4v) is 4.60. The Morgan fingerprint density at radius 3 is 2.14 bits per heavy atom. The lowest BCUT2D eigenvalue weighted by Crippen LogP contribution is -2.24. The maximum absolute atomic E-state index is 6.22. The Balaban J connectivity index is 2.10. The summed E-state index contributed by atoms with van der Waals surface area (Å²) >= 11 is 0. The SMILES string of the molecule is CCOc1cc(C(C)(C)c2ccccc2OC(C)C)ccc1C(C)(C)c1ccc(CC)c(OC)n1. The summed E-state index contributed by atoms with van der Waals surface area (Å²) in [6.45, 7) is 17.7. The summed E-state index contributed by atoms with van der Waals surface area (Å²) < 4.78 is 18.0. The Morgan fingerprint density at radius 1 is 0.829 bits per heavy atom. The lowest BCUT2D eigenvalue weighted by Gasteiger charge is -2.32. The lowest BCUT2D eigenvalue weighted by atomic mass is 9.75. The van der Waals surface area contributed by atoms with Crippen LogP contribution in [0.4, 0.5) is 0 Å². The van der Waals surface area contributed by atoms with Crippen LogP contribution in [0.25, 0.3) is 0 Å². The Morgan fingerprint density at radius 2 is 1.51 bits per heavy atom. The van der Waals surface area contributed by atoms with Gasteiger partial charge in [0.25, 0.3) is 0 Å². The van der Waals surface area contributed by atoms with Crippen LogP contribution in [0.15, 0.2) is 54.6 Å². The molecule has 4 heteroatoms. The van der Waals surface area contributed by atoms with Crippen molar-refractivity contribution in [2.24, 2.45) is 0 Å². The second-order valence-electron chi connectivity index (χ2n) is 10.3. The summed E-state index contributed by atoms with van der Waals surface area (Å²) in [6.07, 6.45) is 0.991. The van der Waals surface area contributed by atoms with Crippen molar-refractivity contribution in [3.8, 4) is 17.4 Å². The van der Waals surface area contributed by atoms with Gasteiger partial charge in [-0.3, -0.25) is 0 Å². The zero-order valence-electron chi connectivity index (χ0n) is 22.9. The highest BCUT2D eigenvalue weighted by atomic mass is 16.5. The van der Waals surface area contributed by atoms with E-state index in [1.54, 1.807) is 7.11 Å². The fourth-order valence-electron chi connectivity index (χ4n) is 4.60. The Kier molecular flexibility index (Phi) is 8.15. The maximum Gasteiger partial charge on any atom is 0.216 e. The minimum Gasteiger partial charge on any atom is -0.494 e. The number of hydrogen-bond donors (Lipinski definition) is 0. The zero-order valence-corrected chi connectivity index (χ0v) is 22.9. The zero-order chi connectivity index (χ0) is 25.8. The van der Waals surface area contributed by atoms with E-state index in [9.17, 15) is 0 Å². The van der Waals surface area contributed by atoms with E-state index in [0.29, 0.717) is 12.5 Å². The first-order valence-corrected chi connectivity index (χ1v) is 12.6. The molecule has 0 aliphatic rings. The quantitative estimate of drug-likeness (QED) is 0.304. The molecule has 0 atom stereocenters. The second kappa shape index (κ2) is 10.7. The van der Waals surface area contributed by atoms with Gasteiger partial charge >= 0.3 is 0 Å². The van der Waals surface area contributed by atoms with Crippen LogP contribution in [-0.2, 0) is 17.3 Å². The first-order valence-electron chi connectivity index (χ1n) is 12.6. The monoisotopic (exact) mass is 475 g/mol. The lowest BCUT2D eigenvalue weighted by molar-refractivity contribution is 0.237. The largest absolute Gasteiger partial charge is 0.494 e. The number of ether oxygens (including phenoxy) is 3. The molecular formula is C31H41NO3. The minimum absolute atomic E-state index is 0.109. The number of aromatic nitrogens is 1. The molecule has 2 aromatic carbocycles. The Bertz CT molecular complexity index is 1150. The molecule has 4 nitrogen and oxygen atoms in total. The van der Waals surface area contributed by atoms with Crippen LogP contribution >= 0.6 is 0 Å². The highest BCUT2D eigenvalue weighted by Gasteiger charge is 2.32. The molecule has 0 saturated heterocycles. The van der Waals surface area contributed by atoms with Gasteiger partial charge in [-0.1, -0.05) is 71.0 Å². The summed E-state index contributed by atoms with van der Waals surface area (Å²) in [4.78, 5) is 4.87. The number of nitrogens with zero attached hydrogens (tertiary/aromatic N) is 1. The normalized spacial score (nSPS) is 12.1. The molecule has 3 aromatic rings. The molecule has 0 aliphatic carbocycles. The van der Waals surface area contributed by atoms with Crippen LogP contribution in [-0.4, -0.2) is 24.8 Å². The van der Waals surface area contributed by atoms with E-state index in [2.05, 4.69) is 97.0 Å². The molecule has 0 N–H and O–H groups in total. The van der Waals surface area contributed by atoms with Crippen molar-refractivity contribution >= 4 is 0 Å². The standard InChI is InChI=1S/C31H41NO3/c1-10-22-16-19-28(32-29(22)33-9)31(7,8)25-18-17-23(20-27(25)34-11-2)30(5,6)24-14-12-13-15-26(24)35-21(3)4/h12-21H,10-11H2,1-9H3. The van der Waals surface area contributed by atoms with Crippen molar-refractivity contribution in [3.63, 3.8) is 0 Å². The van der Waals surface area contributed by atoms with Gasteiger partial charge in [0.15, 0.2) is 0 Å². The molecule has 0 aliphatic heterocycles. The van der Waals surface area contributed by atoms with Crippen molar-refractivity contribution in [1.29, 1.82) is 0 Å². The van der Waals surface area contributed by atoms with E-state index in [1.165, 1.54) is 5.56 Å². The molecule has 0 fully saturated rings. The molecule has 188 valence electrons. The van der Waals surface area contributed by atoms with E-state index >= 15 is 0 Å².